The lowest BCUT2D eigenvalue weighted by Gasteiger charge is -2.39. The van der Waals surface area contributed by atoms with Crippen LogP contribution in [-0.4, -0.2) is 9.52 Å². The molecule has 0 aliphatic heterocycles. The molecule has 11 heavy (non-hydrogen) atoms. The molecule has 0 amide bonds. The van der Waals surface area contributed by atoms with E-state index >= 15 is 0 Å². The largest absolute Gasteiger partial charge is 0.0746 e. The van der Waals surface area contributed by atoms with E-state index in [-0.39, 0.29) is 9.52 Å². The summed E-state index contributed by atoms with van der Waals surface area (Å²) in [7, 11) is 0.217. The highest BCUT2D eigenvalue weighted by Gasteiger charge is 2.47. The van der Waals surface area contributed by atoms with Crippen LogP contribution in [0.5, 0.6) is 0 Å². The normalized spacial score (nSPS) is 35.2. The van der Waals surface area contributed by atoms with E-state index in [1.165, 1.54) is 12.8 Å². The molecule has 66 valence electrons. The summed E-state index contributed by atoms with van der Waals surface area (Å²) < 4.78 is 0. The lowest BCUT2D eigenvalue weighted by atomic mass is 9.71. The van der Waals surface area contributed by atoms with Crippen molar-refractivity contribution in [3.8, 4) is 0 Å². The third-order valence-corrected chi connectivity index (χ3v) is 6.79. The molecule has 0 nitrogen and oxygen atoms in total. The van der Waals surface area contributed by atoms with Gasteiger partial charge in [0.2, 0.25) is 0 Å². The maximum absolute atomic E-state index is 2.47. The summed E-state index contributed by atoms with van der Waals surface area (Å²) in [5.74, 6) is 0. The third kappa shape index (κ3) is 1.28. The van der Waals surface area contributed by atoms with Crippen molar-refractivity contribution in [1.29, 1.82) is 0 Å². The van der Waals surface area contributed by atoms with Gasteiger partial charge in [-0.15, -0.1) is 0 Å². The Morgan fingerprint density at radius 2 is 1.73 bits per heavy atom. The minimum Gasteiger partial charge on any atom is -0.0746 e. The molecule has 1 unspecified atom stereocenters. The van der Waals surface area contributed by atoms with Crippen LogP contribution < -0.4 is 0 Å². The van der Waals surface area contributed by atoms with Gasteiger partial charge in [0, 0.05) is 9.52 Å². The first-order valence-corrected chi connectivity index (χ1v) is 7.15. The van der Waals surface area contributed by atoms with E-state index in [1.807, 2.05) is 0 Å². The smallest absolute Gasteiger partial charge is 0.0208 e. The first-order valence-electron chi connectivity index (χ1n) is 4.92. The Morgan fingerprint density at radius 1 is 1.18 bits per heavy atom. The fourth-order valence-electron chi connectivity index (χ4n) is 2.49. The third-order valence-electron chi connectivity index (χ3n) is 4.38. The van der Waals surface area contributed by atoms with Crippen molar-refractivity contribution in [2.75, 3.05) is 0 Å². The first-order chi connectivity index (χ1) is 4.92. The average molecular weight is 170 g/mol. The lowest BCUT2D eigenvalue weighted by molar-refractivity contribution is 0.156. The number of rotatable bonds is 1. The zero-order valence-corrected chi connectivity index (χ0v) is 10.1. The fourth-order valence-corrected chi connectivity index (χ4v) is 4.67. The van der Waals surface area contributed by atoms with E-state index in [0.717, 1.165) is 5.54 Å². The van der Waals surface area contributed by atoms with Crippen LogP contribution in [0.3, 0.4) is 0 Å². The van der Waals surface area contributed by atoms with Crippen molar-refractivity contribution in [2.45, 2.75) is 52.6 Å². The first kappa shape index (κ1) is 9.31. The molecular formula is C10H22Si. The van der Waals surface area contributed by atoms with E-state index in [2.05, 4.69) is 34.2 Å². The van der Waals surface area contributed by atoms with Crippen LogP contribution in [0, 0.1) is 10.8 Å². The molecule has 0 radical (unpaired) electrons. The fraction of sp³-hybridized carbons (Fsp3) is 1.00. The minimum atomic E-state index is 0.217. The zero-order valence-electron chi connectivity index (χ0n) is 8.70. The van der Waals surface area contributed by atoms with Gasteiger partial charge in [-0.2, -0.15) is 0 Å². The van der Waals surface area contributed by atoms with Crippen molar-refractivity contribution in [1.82, 2.24) is 0 Å². The predicted octanol–water partition coefficient (Wildman–Crippen LogP) is 2.84. The van der Waals surface area contributed by atoms with Gasteiger partial charge in [-0.1, -0.05) is 40.7 Å². The Balaban J connectivity index is 2.81. The van der Waals surface area contributed by atoms with Crippen LogP contribution in [-0.2, 0) is 0 Å². The lowest BCUT2D eigenvalue weighted by Crippen LogP contribution is -2.30. The van der Waals surface area contributed by atoms with Crippen LogP contribution in [0.25, 0.3) is 0 Å². The predicted molar refractivity (Wildman–Crippen MR) is 55.0 cm³/mol. The van der Waals surface area contributed by atoms with Crippen molar-refractivity contribution < 1.29 is 0 Å². The van der Waals surface area contributed by atoms with Crippen molar-refractivity contribution >= 4 is 9.52 Å². The van der Waals surface area contributed by atoms with Crippen LogP contribution in [0.1, 0.15) is 40.5 Å². The van der Waals surface area contributed by atoms with Crippen molar-refractivity contribution in [3.05, 3.63) is 0 Å². The molecule has 0 heterocycles. The Bertz CT molecular complexity index is 147. The standard InChI is InChI=1S/C10H22Si/c1-9(2)7-6-8(11-5)10(9,3)4/h8H,6-7,11H2,1-5H3. The van der Waals surface area contributed by atoms with Crippen LogP contribution in [0.15, 0.2) is 0 Å². The molecule has 1 rings (SSSR count). The molecule has 0 spiro atoms. The van der Waals surface area contributed by atoms with Crippen LogP contribution >= 0.6 is 0 Å². The topological polar surface area (TPSA) is 0 Å². The van der Waals surface area contributed by atoms with Gasteiger partial charge in [0.1, 0.15) is 0 Å². The maximum atomic E-state index is 2.47. The molecule has 1 heteroatoms. The van der Waals surface area contributed by atoms with E-state index < -0.39 is 0 Å². The van der Waals surface area contributed by atoms with Gasteiger partial charge >= 0.3 is 0 Å². The molecule has 1 aliphatic rings. The van der Waals surface area contributed by atoms with E-state index in [4.69, 9.17) is 0 Å². The van der Waals surface area contributed by atoms with Crippen LogP contribution in [0.4, 0.5) is 0 Å². The molecule has 1 atom stereocenters. The molecule has 0 aromatic carbocycles. The highest BCUT2D eigenvalue weighted by Crippen LogP contribution is 2.58. The van der Waals surface area contributed by atoms with Crippen LogP contribution in [0.2, 0.25) is 12.1 Å². The van der Waals surface area contributed by atoms with E-state index in [1.54, 1.807) is 0 Å². The summed E-state index contributed by atoms with van der Waals surface area (Å²) in [4.78, 5) is 0. The maximum Gasteiger partial charge on any atom is 0.0208 e. The summed E-state index contributed by atoms with van der Waals surface area (Å²) in [6, 6.07) is 0. The summed E-state index contributed by atoms with van der Waals surface area (Å²) in [6.45, 7) is 12.3. The Kier molecular flexibility index (Phi) is 2.21. The molecule has 1 fully saturated rings. The second-order valence-corrected chi connectivity index (χ2v) is 7.05. The summed E-state index contributed by atoms with van der Waals surface area (Å²) in [5, 5.41) is 0. The quantitative estimate of drug-likeness (QED) is 0.531. The molecule has 1 saturated carbocycles. The number of hydrogen-bond donors (Lipinski definition) is 0. The summed E-state index contributed by atoms with van der Waals surface area (Å²) >= 11 is 0. The number of hydrogen-bond acceptors (Lipinski definition) is 0. The second-order valence-electron chi connectivity index (χ2n) is 5.25. The van der Waals surface area contributed by atoms with E-state index in [9.17, 15) is 0 Å². The molecule has 0 bridgehead atoms. The molecule has 0 saturated heterocycles. The summed E-state index contributed by atoms with van der Waals surface area (Å²) in [5.41, 5.74) is 2.31. The average Bonchev–Trinajstić information content (AvgIpc) is 2.05. The monoisotopic (exact) mass is 170 g/mol. The van der Waals surface area contributed by atoms with Gasteiger partial charge in [-0.25, -0.2) is 0 Å². The Morgan fingerprint density at radius 3 is 1.91 bits per heavy atom. The molecule has 1 aliphatic carbocycles. The zero-order chi connectivity index (χ0) is 8.70. The summed E-state index contributed by atoms with van der Waals surface area (Å²) in [6.07, 6.45) is 2.95. The molecule has 0 N–H and O–H groups in total. The SMILES string of the molecule is C[SiH2]C1CCC(C)(C)C1(C)C. The van der Waals surface area contributed by atoms with Gasteiger partial charge in [0.05, 0.1) is 0 Å². The van der Waals surface area contributed by atoms with E-state index in [0.29, 0.717) is 10.8 Å². The van der Waals surface area contributed by atoms with Gasteiger partial charge in [0.25, 0.3) is 0 Å². The van der Waals surface area contributed by atoms with Gasteiger partial charge in [-0.05, 0) is 22.8 Å². The van der Waals surface area contributed by atoms with Crippen molar-refractivity contribution in [3.63, 3.8) is 0 Å². The molecule has 0 aromatic rings. The second kappa shape index (κ2) is 2.62. The molecular weight excluding hydrogens is 148 g/mol. The Hall–Kier alpha value is 0.217. The van der Waals surface area contributed by atoms with Gasteiger partial charge in [0.15, 0.2) is 0 Å². The minimum absolute atomic E-state index is 0.217. The highest BCUT2D eigenvalue weighted by molar-refractivity contribution is 6.36. The van der Waals surface area contributed by atoms with Gasteiger partial charge < -0.3 is 0 Å². The van der Waals surface area contributed by atoms with Gasteiger partial charge in [-0.3, -0.25) is 0 Å². The van der Waals surface area contributed by atoms with Crippen molar-refractivity contribution in [2.24, 2.45) is 10.8 Å². The Labute approximate surface area is 73.6 Å². The molecule has 0 aromatic heterocycles. The highest BCUT2D eigenvalue weighted by atomic mass is 28.2.